The first kappa shape index (κ1) is 15.8. The van der Waals surface area contributed by atoms with E-state index in [1.165, 1.54) is 18.6 Å². The minimum atomic E-state index is -0.511. The zero-order valence-corrected chi connectivity index (χ0v) is 14.0. The molecule has 1 heterocycles. The smallest absolute Gasteiger partial charge is 0.144 e. The lowest BCUT2D eigenvalue weighted by molar-refractivity contribution is 0.0904. The summed E-state index contributed by atoms with van der Waals surface area (Å²) in [6, 6.07) is 6.40. The summed E-state index contributed by atoms with van der Waals surface area (Å²) in [6.45, 7) is 3.89. The zero-order chi connectivity index (χ0) is 17.1. The summed E-state index contributed by atoms with van der Waals surface area (Å²) in [7, 11) is 0. The van der Waals surface area contributed by atoms with Crippen LogP contribution in [0.5, 0.6) is 0 Å². The Kier molecular flexibility index (Phi) is 3.55. The van der Waals surface area contributed by atoms with Gasteiger partial charge in [-0.25, -0.2) is 13.2 Å². The van der Waals surface area contributed by atoms with Crippen molar-refractivity contribution < 1.29 is 13.2 Å². The van der Waals surface area contributed by atoms with Gasteiger partial charge < -0.3 is 5.32 Å². The van der Waals surface area contributed by atoms with Crippen LogP contribution in [0.1, 0.15) is 38.7 Å². The summed E-state index contributed by atoms with van der Waals surface area (Å²) in [5.74, 6) is -1.13. The van der Waals surface area contributed by atoms with Gasteiger partial charge in [-0.2, -0.15) is 0 Å². The van der Waals surface area contributed by atoms with Crippen LogP contribution in [0.2, 0.25) is 0 Å². The highest BCUT2D eigenvalue weighted by atomic mass is 19.1. The van der Waals surface area contributed by atoms with E-state index in [0.717, 1.165) is 24.5 Å². The van der Waals surface area contributed by atoms with E-state index < -0.39 is 11.4 Å². The molecular formula is C20H22F3N. The Bertz CT molecular complexity index is 717. The molecule has 1 aliphatic heterocycles. The van der Waals surface area contributed by atoms with E-state index in [0.29, 0.717) is 11.6 Å². The monoisotopic (exact) mass is 333 g/mol. The molecule has 1 saturated carbocycles. The fourth-order valence-corrected chi connectivity index (χ4v) is 4.89. The zero-order valence-electron chi connectivity index (χ0n) is 14.0. The number of fused-ring (bicyclic) bond motifs is 1. The molecule has 3 aliphatic rings. The molecule has 1 aromatic carbocycles. The Balaban J connectivity index is 1.83. The standard InChI is InChI=1S/C20H22F3N/c1-11-15(22)10-16(23)19-17(11)18(12-4-3-5-12)20(2,24-19)13-6-8-14(21)9-7-13/h6-12,17-18,24H,3-5H2,1-2H3. The molecule has 128 valence electrons. The number of rotatable bonds is 2. The second-order valence-corrected chi connectivity index (χ2v) is 7.66. The molecule has 4 heteroatoms. The van der Waals surface area contributed by atoms with E-state index in [2.05, 4.69) is 5.32 Å². The van der Waals surface area contributed by atoms with Crippen molar-refractivity contribution in [2.24, 2.45) is 23.7 Å². The van der Waals surface area contributed by atoms with Gasteiger partial charge in [-0.3, -0.25) is 0 Å². The van der Waals surface area contributed by atoms with E-state index in [-0.39, 0.29) is 29.4 Å². The Morgan fingerprint density at radius 3 is 2.33 bits per heavy atom. The van der Waals surface area contributed by atoms with Crippen molar-refractivity contribution in [3.8, 4) is 0 Å². The molecular weight excluding hydrogens is 311 g/mol. The minimum Gasteiger partial charge on any atom is -0.376 e. The van der Waals surface area contributed by atoms with Gasteiger partial charge in [0.05, 0.1) is 11.2 Å². The van der Waals surface area contributed by atoms with Crippen molar-refractivity contribution in [3.05, 3.63) is 59.1 Å². The lowest BCUT2D eigenvalue weighted by atomic mass is 9.60. The van der Waals surface area contributed by atoms with Crippen molar-refractivity contribution in [1.29, 1.82) is 0 Å². The predicted octanol–water partition coefficient (Wildman–Crippen LogP) is 5.36. The molecule has 4 rings (SSSR count). The van der Waals surface area contributed by atoms with Gasteiger partial charge in [-0.05, 0) is 36.5 Å². The van der Waals surface area contributed by atoms with E-state index in [4.69, 9.17) is 0 Å². The van der Waals surface area contributed by atoms with Crippen LogP contribution in [0.15, 0.2) is 47.7 Å². The highest BCUT2D eigenvalue weighted by Crippen LogP contribution is 2.57. The quantitative estimate of drug-likeness (QED) is 0.768. The summed E-state index contributed by atoms with van der Waals surface area (Å²) < 4.78 is 42.1. The highest BCUT2D eigenvalue weighted by molar-refractivity contribution is 5.40. The molecule has 1 nitrogen and oxygen atoms in total. The molecule has 2 aliphatic carbocycles. The molecule has 0 bridgehead atoms. The van der Waals surface area contributed by atoms with Crippen LogP contribution >= 0.6 is 0 Å². The summed E-state index contributed by atoms with van der Waals surface area (Å²) >= 11 is 0. The van der Waals surface area contributed by atoms with Crippen molar-refractivity contribution in [2.75, 3.05) is 0 Å². The fourth-order valence-electron chi connectivity index (χ4n) is 4.89. The predicted molar refractivity (Wildman–Crippen MR) is 87.7 cm³/mol. The Morgan fingerprint density at radius 2 is 1.75 bits per heavy atom. The minimum absolute atomic E-state index is 0.104. The van der Waals surface area contributed by atoms with Crippen LogP contribution in [0.3, 0.4) is 0 Å². The van der Waals surface area contributed by atoms with E-state index in [1.807, 2.05) is 13.8 Å². The van der Waals surface area contributed by atoms with Gasteiger partial charge in [0.2, 0.25) is 0 Å². The van der Waals surface area contributed by atoms with Gasteiger partial charge >= 0.3 is 0 Å². The molecule has 1 N–H and O–H groups in total. The van der Waals surface area contributed by atoms with Crippen molar-refractivity contribution >= 4 is 0 Å². The first-order chi connectivity index (χ1) is 11.4. The van der Waals surface area contributed by atoms with Gasteiger partial charge in [0.15, 0.2) is 0 Å². The number of allylic oxidation sites excluding steroid dienone is 4. The summed E-state index contributed by atoms with van der Waals surface area (Å²) in [4.78, 5) is 0. The lowest BCUT2D eigenvalue weighted by Gasteiger charge is -2.44. The third-order valence-corrected chi connectivity index (χ3v) is 6.38. The second kappa shape index (κ2) is 5.40. The fraction of sp³-hybridized carbons (Fsp3) is 0.500. The molecule has 4 unspecified atom stereocenters. The molecule has 0 radical (unpaired) electrons. The first-order valence-corrected chi connectivity index (χ1v) is 8.73. The summed E-state index contributed by atoms with van der Waals surface area (Å²) in [5.41, 5.74) is 0.943. The van der Waals surface area contributed by atoms with E-state index in [1.54, 1.807) is 12.1 Å². The maximum atomic E-state index is 14.5. The number of benzene rings is 1. The summed E-state index contributed by atoms with van der Waals surface area (Å²) in [6.07, 6.45) is 4.36. The highest BCUT2D eigenvalue weighted by Gasteiger charge is 2.56. The topological polar surface area (TPSA) is 12.0 Å². The average Bonchev–Trinajstić information content (AvgIpc) is 2.80. The number of nitrogens with one attached hydrogen (secondary N) is 1. The number of hydrogen-bond acceptors (Lipinski definition) is 1. The number of hydrogen-bond donors (Lipinski definition) is 1. The molecule has 4 atom stereocenters. The van der Waals surface area contributed by atoms with E-state index in [9.17, 15) is 13.2 Å². The van der Waals surface area contributed by atoms with Crippen molar-refractivity contribution in [1.82, 2.24) is 5.32 Å². The maximum Gasteiger partial charge on any atom is 0.144 e. The van der Waals surface area contributed by atoms with Gasteiger partial charge in [0.25, 0.3) is 0 Å². The Morgan fingerprint density at radius 1 is 1.08 bits per heavy atom. The second-order valence-electron chi connectivity index (χ2n) is 7.66. The molecule has 1 aromatic rings. The molecule has 2 fully saturated rings. The molecule has 1 saturated heterocycles. The first-order valence-electron chi connectivity index (χ1n) is 8.73. The van der Waals surface area contributed by atoms with Crippen LogP contribution in [0, 0.1) is 29.5 Å². The van der Waals surface area contributed by atoms with Crippen LogP contribution in [0.25, 0.3) is 0 Å². The molecule has 0 aromatic heterocycles. The van der Waals surface area contributed by atoms with Gasteiger partial charge in [0, 0.05) is 17.9 Å². The van der Waals surface area contributed by atoms with Gasteiger partial charge in [-0.1, -0.05) is 38.3 Å². The maximum absolute atomic E-state index is 14.5. The van der Waals surface area contributed by atoms with Crippen molar-refractivity contribution in [2.45, 2.75) is 38.6 Å². The third kappa shape index (κ3) is 2.15. The average molecular weight is 333 g/mol. The van der Waals surface area contributed by atoms with Crippen LogP contribution in [-0.4, -0.2) is 0 Å². The Hall–Kier alpha value is -1.71. The van der Waals surface area contributed by atoms with E-state index >= 15 is 0 Å². The largest absolute Gasteiger partial charge is 0.376 e. The molecule has 0 spiro atoms. The summed E-state index contributed by atoms with van der Waals surface area (Å²) in [5, 5.41) is 3.38. The van der Waals surface area contributed by atoms with Crippen LogP contribution in [0.4, 0.5) is 13.2 Å². The lowest BCUT2D eigenvalue weighted by Crippen LogP contribution is -2.44. The normalized spacial score (nSPS) is 36.0. The molecule has 24 heavy (non-hydrogen) atoms. The number of halogens is 3. The third-order valence-electron chi connectivity index (χ3n) is 6.38. The van der Waals surface area contributed by atoms with Crippen molar-refractivity contribution in [3.63, 3.8) is 0 Å². The van der Waals surface area contributed by atoms with Crippen LogP contribution < -0.4 is 5.32 Å². The molecule has 0 amide bonds. The Labute approximate surface area is 140 Å². The SMILES string of the molecule is CC1C(F)=CC(F)=C2NC(C)(c3ccc(F)cc3)C(C3CCC3)C21. The van der Waals surface area contributed by atoms with Crippen LogP contribution in [-0.2, 0) is 5.54 Å². The van der Waals surface area contributed by atoms with Gasteiger partial charge in [-0.15, -0.1) is 0 Å². The van der Waals surface area contributed by atoms with Gasteiger partial charge in [0.1, 0.15) is 17.5 Å².